The number of hydrogen-bond donors (Lipinski definition) is 3. The van der Waals surface area contributed by atoms with E-state index in [1.54, 1.807) is 0 Å². The zero-order valence-corrected chi connectivity index (χ0v) is 15.7. The maximum absolute atomic E-state index is 4.77. The first-order valence-corrected chi connectivity index (χ1v) is 9.48. The van der Waals surface area contributed by atoms with E-state index < -0.39 is 0 Å². The average molecular weight is 342 g/mol. The van der Waals surface area contributed by atoms with Crippen LogP contribution in [0.3, 0.4) is 0 Å². The molecule has 1 atom stereocenters. The molecule has 1 aromatic carbocycles. The fraction of sp³-hybridized carbons (Fsp3) is 0.550. The zero-order chi connectivity index (χ0) is 17.6. The van der Waals surface area contributed by atoms with E-state index in [0.717, 1.165) is 38.1 Å². The molecule has 5 heteroatoms. The van der Waals surface area contributed by atoms with Gasteiger partial charge >= 0.3 is 0 Å². The van der Waals surface area contributed by atoms with Crippen molar-refractivity contribution in [1.82, 2.24) is 20.5 Å². The van der Waals surface area contributed by atoms with Gasteiger partial charge in [0.05, 0.1) is 6.54 Å². The zero-order valence-electron chi connectivity index (χ0n) is 15.7. The van der Waals surface area contributed by atoms with Crippen molar-refractivity contribution < 1.29 is 0 Å². The molecule has 136 valence electrons. The minimum absolute atomic E-state index is 0.483. The number of likely N-dealkylation sites (N-methyl/N-ethyl adjacent to an activating group) is 1. The molecule has 1 aromatic heterocycles. The molecular weight excluding hydrogens is 310 g/mol. The number of fused-ring (bicyclic) bond motifs is 1. The number of rotatable bonds is 8. The van der Waals surface area contributed by atoms with E-state index in [1.165, 1.54) is 29.3 Å². The topological polar surface area (TPSA) is 55.5 Å². The van der Waals surface area contributed by atoms with Crippen LogP contribution >= 0.6 is 0 Å². The molecule has 1 aliphatic rings. The second kappa shape index (κ2) is 8.39. The summed E-state index contributed by atoms with van der Waals surface area (Å²) in [6, 6.07) is 9.72. The first-order valence-electron chi connectivity index (χ1n) is 9.48. The Morgan fingerprint density at radius 3 is 2.88 bits per heavy atom. The minimum Gasteiger partial charge on any atom is -0.361 e. The van der Waals surface area contributed by atoms with E-state index in [-0.39, 0.29) is 0 Å². The van der Waals surface area contributed by atoms with Gasteiger partial charge in [0.2, 0.25) is 0 Å². The number of nitrogens with zero attached hydrogens (tertiary/aromatic N) is 2. The third kappa shape index (κ3) is 4.75. The second-order valence-electron chi connectivity index (χ2n) is 7.00. The Hall–Kier alpha value is -2.01. The fourth-order valence-electron chi connectivity index (χ4n) is 3.19. The number of para-hydroxylation sites is 1. The van der Waals surface area contributed by atoms with Gasteiger partial charge in [0, 0.05) is 42.3 Å². The van der Waals surface area contributed by atoms with Gasteiger partial charge in [0.25, 0.3) is 0 Å². The van der Waals surface area contributed by atoms with Crippen LogP contribution < -0.4 is 10.6 Å². The Bertz CT molecular complexity index is 701. The van der Waals surface area contributed by atoms with Crippen molar-refractivity contribution >= 4 is 16.9 Å². The SMILES string of the molecule is CCNC(=NCC(C)N(C)C1CC1)NCCc1c[nH]c2ccccc12. The van der Waals surface area contributed by atoms with E-state index >= 15 is 0 Å². The summed E-state index contributed by atoms with van der Waals surface area (Å²) in [5.74, 6) is 0.915. The van der Waals surface area contributed by atoms with Gasteiger partial charge in [-0.3, -0.25) is 9.89 Å². The summed E-state index contributed by atoms with van der Waals surface area (Å²) in [7, 11) is 2.22. The summed E-state index contributed by atoms with van der Waals surface area (Å²) in [4.78, 5) is 10.6. The van der Waals surface area contributed by atoms with Gasteiger partial charge in [-0.1, -0.05) is 18.2 Å². The number of hydrogen-bond acceptors (Lipinski definition) is 2. The predicted octanol–water partition coefficient (Wildman–Crippen LogP) is 2.75. The number of aliphatic imine (C=N–C) groups is 1. The van der Waals surface area contributed by atoms with Gasteiger partial charge < -0.3 is 15.6 Å². The van der Waals surface area contributed by atoms with Crippen molar-refractivity contribution in [3.8, 4) is 0 Å². The van der Waals surface area contributed by atoms with Gasteiger partial charge in [-0.2, -0.15) is 0 Å². The summed E-state index contributed by atoms with van der Waals surface area (Å²) in [6.07, 6.45) is 5.77. The summed E-state index contributed by atoms with van der Waals surface area (Å²) >= 11 is 0. The van der Waals surface area contributed by atoms with Gasteiger partial charge in [-0.15, -0.1) is 0 Å². The van der Waals surface area contributed by atoms with Crippen LogP contribution in [-0.4, -0.2) is 54.6 Å². The van der Waals surface area contributed by atoms with Crippen LogP contribution in [0.5, 0.6) is 0 Å². The lowest BCUT2D eigenvalue weighted by molar-refractivity contribution is 0.253. The molecule has 2 aromatic rings. The number of aromatic nitrogens is 1. The third-order valence-electron chi connectivity index (χ3n) is 5.04. The lowest BCUT2D eigenvalue weighted by Crippen LogP contribution is -2.40. The van der Waals surface area contributed by atoms with Crippen LogP contribution in [0.15, 0.2) is 35.5 Å². The molecule has 5 nitrogen and oxygen atoms in total. The number of guanidine groups is 1. The molecule has 1 saturated carbocycles. The Morgan fingerprint density at radius 1 is 1.32 bits per heavy atom. The van der Waals surface area contributed by atoms with Crippen molar-refractivity contribution in [3.05, 3.63) is 36.0 Å². The Morgan fingerprint density at radius 2 is 2.12 bits per heavy atom. The lowest BCUT2D eigenvalue weighted by Gasteiger charge is -2.23. The van der Waals surface area contributed by atoms with Crippen LogP contribution in [0.1, 0.15) is 32.3 Å². The van der Waals surface area contributed by atoms with Crippen molar-refractivity contribution in [2.24, 2.45) is 4.99 Å². The van der Waals surface area contributed by atoms with Gasteiger partial charge in [-0.25, -0.2) is 0 Å². The number of H-pyrrole nitrogens is 1. The summed E-state index contributed by atoms with van der Waals surface area (Å²) in [5.41, 5.74) is 2.55. The molecule has 1 fully saturated rings. The fourth-order valence-corrected chi connectivity index (χ4v) is 3.19. The van der Waals surface area contributed by atoms with Crippen LogP contribution in [0.2, 0.25) is 0 Å². The molecule has 0 bridgehead atoms. The normalized spacial score (nSPS) is 16.4. The largest absolute Gasteiger partial charge is 0.361 e. The summed E-state index contributed by atoms with van der Waals surface area (Å²) in [5, 5.41) is 8.13. The Balaban J connectivity index is 1.51. The predicted molar refractivity (Wildman–Crippen MR) is 106 cm³/mol. The highest BCUT2D eigenvalue weighted by molar-refractivity contribution is 5.83. The van der Waals surface area contributed by atoms with E-state index in [2.05, 4.69) is 71.9 Å². The lowest BCUT2D eigenvalue weighted by atomic mass is 10.1. The first-order chi connectivity index (χ1) is 12.2. The number of aromatic amines is 1. The molecule has 3 rings (SSSR count). The highest BCUT2D eigenvalue weighted by Gasteiger charge is 2.28. The van der Waals surface area contributed by atoms with E-state index in [0.29, 0.717) is 6.04 Å². The average Bonchev–Trinajstić information content (AvgIpc) is 3.40. The summed E-state index contributed by atoms with van der Waals surface area (Å²) < 4.78 is 0. The highest BCUT2D eigenvalue weighted by Crippen LogP contribution is 2.26. The van der Waals surface area contributed by atoms with Gasteiger partial charge in [0.15, 0.2) is 5.96 Å². The van der Waals surface area contributed by atoms with E-state index in [1.807, 2.05) is 0 Å². The molecular formula is C20H31N5. The molecule has 0 radical (unpaired) electrons. The Labute approximate surface area is 150 Å². The smallest absolute Gasteiger partial charge is 0.191 e. The standard InChI is InChI=1S/C20H31N5/c1-4-21-20(24-13-15(2)25(3)17-9-10-17)22-12-11-16-14-23-19-8-6-5-7-18(16)19/h5-8,14-15,17,23H,4,9-13H2,1-3H3,(H2,21,22,24). The molecule has 1 aliphatic carbocycles. The number of nitrogens with one attached hydrogen (secondary N) is 3. The van der Waals surface area contributed by atoms with Crippen molar-refractivity contribution in [2.45, 2.75) is 45.2 Å². The van der Waals surface area contributed by atoms with Gasteiger partial charge in [0.1, 0.15) is 0 Å². The maximum Gasteiger partial charge on any atom is 0.191 e. The minimum atomic E-state index is 0.483. The van der Waals surface area contributed by atoms with E-state index in [4.69, 9.17) is 4.99 Å². The highest BCUT2D eigenvalue weighted by atomic mass is 15.2. The first kappa shape index (κ1) is 17.8. The molecule has 0 amide bonds. The van der Waals surface area contributed by atoms with E-state index in [9.17, 15) is 0 Å². The third-order valence-corrected chi connectivity index (χ3v) is 5.04. The molecule has 0 spiro atoms. The van der Waals surface area contributed by atoms with Crippen LogP contribution in [0, 0.1) is 0 Å². The maximum atomic E-state index is 4.77. The molecule has 25 heavy (non-hydrogen) atoms. The quantitative estimate of drug-likeness (QED) is 0.511. The molecule has 1 unspecified atom stereocenters. The van der Waals surface area contributed by atoms with Crippen LogP contribution in [0.25, 0.3) is 10.9 Å². The van der Waals surface area contributed by atoms with Crippen molar-refractivity contribution in [1.29, 1.82) is 0 Å². The second-order valence-corrected chi connectivity index (χ2v) is 7.00. The summed E-state index contributed by atoms with van der Waals surface area (Å²) in [6.45, 7) is 6.95. The van der Waals surface area contributed by atoms with Crippen LogP contribution in [0.4, 0.5) is 0 Å². The Kier molecular flexibility index (Phi) is 5.97. The number of benzene rings is 1. The monoisotopic (exact) mass is 341 g/mol. The van der Waals surface area contributed by atoms with Gasteiger partial charge in [-0.05, 0) is 51.8 Å². The molecule has 0 saturated heterocycles. The molecule has 3 N–H and O–H groups in total. The molecule has 0 aliphatic heterocycles. The van der Waals surface area contributed by atoms with Crippen molar-refractivity contribution in [2.75, 3.05) is 26.7 Å². The van der Waals surface area contributed by atoms with Crippen LogP contribution in [-0.2, 0) is 6.42 Å². The van der Waals surface area contributed by atoms with Crippen molar-refractivity contribution in [3.63, 3.8) is 0 Å². The molecule has 1 heterocycles.